The van der Waals surface area contributed by atoms with Crippen molar-refractivity contribution >= 4 is 23.2 Å². The number of phenolic OH excluding ortho intramolecular Hbond substituents is 1. The molecular weight excluding hydrogens is 582 g/mol. The van der Waals surface area contributed by atoms with E-state index in [0.29, 0.717) is 43.1 Å². The van der Waals surface area contributed by atoms with Crippen LogP contribution >= 0.6 is 0 Å². The minimum absolute atomic E-state index is 0.0385. The standard InChI is InChI=1S/C30H33F4N7O3/c1-4-24-25(37-21-14-19(13-20(16-21)30(32,33)34)18-7-6-8-22(42)15-18)9-10-26(38-24)28(43)39-40-29-36-17-23(31)27(41(29)3)35-11-12-44-5-2/h6-10,13-17,27,35,37,42H,4-5,11-12H2,1-3H3,(H,36,40)(H,39,43). The van der Waals surface area contributed by atoms with Gasteiger partial charge in [-0.2, -0.15) is 13.2 Å². The number of hydrazine groups is 1. The number of ether oxygens (including phenoxy) is 1. The number of aromatic nitrogens is 1. The first-order valence-corrected chi connectivity index (χ1v) is 13.8. The van der Waals surface area contributed by atoms with Crippen LogP contribution in [0.1, 0.15) is 35.6 Å². The number of aromatic hydroxyl groups is 1. The van der Waals surface area contributed by atoms with Crippen molar-refractivity contribution in [2.24, 2.45) is 4.99 Å². The van der Waals surface area contributed by atoms with E-state index in [1.165, 1.54) is 29.2 Å². The molecule has 4 rings (SSSR count). The Labute approximate surface area is 251 Å². The molecule has 0 saturated heterocycles. The van der Waals surface area contributed by atoms with Crippen molar-refractivity contribution in [2.45, 2.75) is 32.6 Å². The van der Waals surface area contributed by atoms with Crippen LogP contribution in [0.15, 0.2) is 71.6 Å². The van der Waals surface area contributed by atoms with E-state index in [2.05, 4.69) is 31.5 Å². The van der Waals surface area contributed by atoms with Gasteiger partial charge in [0.05, 0.1) is 29.8 Å². The smallest absolute Gasteiger partial charge is 0.416 e. The molecule has 0 bridgehead atoms. The van der Waals surface area contributed by atoms with Crippen molar-refractivity contribution in [1.29, 1.82) is 0 Å². The summed E-state index contributed by atoms with van der Waals surface area (Å²) >= 11 is 0. The van der Waals surface area contributed by atoms with Crippen LogP contribution in [-0.2, 0) is 17.3 Å². The Kier molecular flexibility index (Phi) is 10.4. The molecule has 0 aliphatic carbocycles. The molecule has 1 atom stereocenters. The molecular formula is C30H33F4N7O3. The Morgan fingerprint density at radius 2 is 1.89 bits per heavy atom. The number of nitrogens with zero attached hydrogens (tertiary/aromatic N) is 3. The van der Waals surface area contributed by atoms with Gasteiger partial charge in [-0.3, -0.25) is 21.0 Å². The molecule has 1 aliphatic rings. The number of carbonyl (C=O) groups excluding carboxylic acids is 1. The number of aryl methyl sites for hydroxylation is 1. The first-order chi connectivity index (χ1) is 21.0. The summed E-state index contributed by atoms with van der Waals surface area (Å²) in [5, 5.41) is 15.8. The summed E-state index contributed by atoms with van der Waals surface area (Å²) in [6.45, 7) is 4.98. The van der Waals surface area contributed by atoms with E-state index in [1.54, 1.807) is 32.2 Å². The lowest BCUT2D eigenvalue weighted by Gasteiger charge is -2.32. The van der Waals surface area contributed by atoms with Crippen molar-refractivity contribution in [3.63, 3.8) is 0 Å². The predicted molar refractivity (Wildman–Crippen MR) is 159 cm³/mol. The van der Waals surface area contributed by atoms with Crippen LogP contribution in [0.3, 0.4) is 0 Å². The zero-order valence-electron chi connectivity index (χ0n) is 24.3. The molecule has 1 unspecified atom stereocenters. The fraction of sp³-hybridized carbons (Fsp3) is 0.300. The average molecular weight is 616 g/mol. The number of alkyl halides is 3. The fourth-order valence-corrected chi connectivity index (χ4v) is 4.42. The number of carbonyl (C=O) groups is 1. The molecule has 0 saturated carbocycles. The van der Waals surface area contributed by atoms with E-state index in [4.69, 9.17) is 4.74 Å². The van der Waals surface area contributed by atoms with Gasteiger partial charge < -0.3 is 20.1 Å². The molecule has 1 aromatic heterocycles. The first kappa shape index (κ1) is 32.2. The highest BCUT2D eigenvalue weighted by molar-refractivity contribution is 5.94. The van der Waals surface area contributed by atoms with Gasteiger partial charge in [-0.25, -0.2) is 14.4 Å². The van der Waals surface area contributed by atoms with Crippen LogP contribution < -0.4 is 21.5 Å². The molecule has 14 heteroatoms. The van der Waals surface area contributed by atoms with E-state index in [-0.39, 0.29) is 28.7 Å². The number of phenols is 1. The SMILES string of the molecule is CCOCCNC1C(F)=CN=C(NNC(=O)c2ccc(Nc3cc(-c4cccc(O)c4)cc(C(F)(F)F)c3)c(CC)n2)N1C. The molecule has 1 aliphatic heterocycles. The Bertz CT molecular complexity index is 1550. The van der Waals surface area contributed by atoms with Crippen LogP contribution in [0.5, 0.6) is 5.75 Å². The van der Waals surface area contributed by atoms with Gasteiger partial charge in [0, 0.05) is 25.9 Å². The fourth-order valence-electron chi connectivity index (χ4n) is 4.42. The summed E-state index contributed by atoms with van der Waals surface area (Å²) < 4.78 is 60.8. The summed E-state index contributed by atoms with van der Waals surface area (Å²) in [6, 6.07) is 12.4. The van der Waals surface area contributed by atoms with Gasteiger partial charge in [-0.15, -0.1) is 0 Å². The van der Waals surface area contributed by atoms with Crippen LogP contribution in [0, 0.1) is 0 Å². The number of likely N-dealkylation sites (N-methyl/N-ethyl adjacent to an activating group) is 1. The minimum Gasteiger partial charge on any atom is -0.508 e. The van der Waals surface area contributed by atoms with Gasteiger partial charge >= 0.3 is 6.18 Å². The number of amides is 1. The molecule has 1 amide bonds. The number of pyridine rings is 1. The summed E-state index contributed by atoms with van der Waals surface area (Å²) in [6.07, 6.45) is -4.02. The van der Waals surface area contributed by atoms with Crippen LogP contribution in [0.25, 0.3) is 11.1 Å². The third kappa shape index (κ3) is 8.02. The lowest BCUT2D eigenvalue weighted by molar-refractivity contribution is -0.137. The van der Waals surface area contributed by atoms with Crippen LogP contribution in [0.4, 0.5) is 28.9 Å². The molecule has 2 heterocycles. The maximum atomic E-state index is 14.3. The summed E-state index contributed by atoms with van der Waals surface area (Å²) in [7, 11) is 1.59. The number of aliphatic imine (C=N–C) groups is 1. The number of nitrogens with one attached hydrogen (secondary N) is 4. The summed E-state index contributed by atoms with van der Waals surface area (Å²) in [4.78, 5) is 22.8. The van der Waals surface area contributed by atoms with E-state index in [0.717, 1.165) is 18.3 Å². The summed E-state index contributed by atoms with van der Waals surface area (Å²) in [5.74, 6) is -1.01. The monoisotopic (exact) mass is 615 g/mol. The Balaban J connectivity index is 1.48. The number of anilines is 2. The van der Waals surface area contributed by atoms with Gasteiger partial charge in [0.15, 0.2) is 5.83 Å². The third-order valence-corrected chi connectivity index (χ3v) is 6.63. The number of benzene rings is 2. The number of hydrogen-bond donors (Lipinski definition) is 5. The number of hydrogen-bond acceptors (Lipinski definition) is 9. The molecule has 0 fully saturated rings. The van der Waals surface area contributed by atoms with Crippen molar-refractivity contribution < 1.29 is 32.2 Å². The van der Waals surface area contributed by atoms with Crippen molar-refractivity contribution in [2.75, 3.05) is 32.1 Å². The average Bonchev–Trinajstić information content (AvgIpc) is 2.99. The topological polar surface area (TPSA) is 123 Å². The van der Waals surface area contributed by atoms with Crippen molar-refractivity contribution in [3.8, 4) is 16.9 Å². The quantitative estimate of drug-likeness (QED) is 0.122. The Hall–Kier alpha value is -4.69. The van der Waals surface area contributed by atoms with Crippen LogP contribution in [-0.4, -0.2) is 59.8 Å². The second kappa shape index (κ2) is 14.2. The normalized spacial score (nSPS) is 15.0. The highest BCUT2D eigenvalue weighted by Crippen LogP contribution is 2.36. The van der Waals surface area contributed by atoms with Gasteiger partial charge in [0.25, 0.3) is 5.91 Å². The van der Waals surface area contributed by atoms with E-state index in [1.807, 2.05) is 6.92 Å². The van der Waals surface area contributed by atoms with E-state index >= 15 is 0 Å². The van der Waals surface area contributed by atoms with Crippen LogP contribution in [0.2, 0.25) is 0 Å². The van der Waals surface area contributed by atoms with Crippen molar-refractivity contribution in [3.05, 3.63) is 83.6 Å². The third-order valence-electron chi connectivity index (χ3n) is 6.63. The number of guanidine groups is 1. The molecule has 234 valence electrons. The molecule has 44 heavy (non-hydrogen) atoms. The first-order valence-electron chi connectivity index (χ1n) is 13.8. The van der Waals surface area contributed by atoms with Gasteiger partial charge in [0.2, 0.25) is 5.96 Å². The predicted octanol–water partition coefficient (Wildman–Crippen LogP) is 5.08. The van der Waals surface area contributed by atoms with Gasteiger partial charge in [0.1, 0.15) is 17.6 Å². The van der Waals surface area contributed by atoms with Gasteiger partial charge in [-0.1, -0.05) is 19.1 Å². The number of halogens is 4. The molecule has 2 aromatic carbocycles. The largest absolute Gasteiger partial charge is 0.508 e. The molecule has 0 spiro atoms. The zero-order chi connectivity index (χ0) is 31.9. The highest BCUT2D eigenvalue weighted by Gasteiger charge is 2.31. The van der Waals surface area contributed by atoms with Gasteiger partial charge in [-0.05, 0) is 66.9 Å². The Morgan fingerprint density at radius 1 is 1.09 bits per heavy atom. The number of rotatable bonds is 10. The molecule has 3 aromatic rings. The van der Waals surface area contributed by atoms with E-state index in [9.17, 15) is 27.5 Å². The second-order valence-corrected chi connectivity index (χ2v) is 9.73. The maximum Gasteiger partial charge on any atom is 0.416 e. The second-order valence-electron chi connectivity index (χ2n) is 9.73. The lowest BCUT2D eigenvalue weighted by atomic mass is 10.0. The summed E-state index contributed by atoms with van der Waals surface area (Å²) in [5.41, 5.74) is 5.99. The lowest BCUT2D eigenvalue weighted by Crippen LogP contribution is -2.57. The molecule has 10 nitrogen and oxygen atoms in total. The zero-order valence-corrected chi connectivity index (χ0v) is 24.3. The molecule has 0 radical (unpaired) electrons. The highest BCUT2D eigenvalue weighted by atomic mass is 19.4. The van der Waals surface area contributed by atoms with E-state index < -0.39 is 29.6 Å². The van der Waals surface area contributed by atoms with Crippen molar-refractivity contribution in [1.82, 2.24) is 26.1 Å². The Morgan fingerprint density at radius 3 is 2.59 bits per heavy atom. The minimum atomic E-state index is -4.61. The maximum absolute atomic E-state index is 14.3. The molecule has 5 N–H and O–H groups in total.